The Balaban J connectivity index is 4.27. The zero-order valence-corrected chi connectivity index (χ0v) is 8.80. The van der Waals surface area contributed by atoms with Crippen molar-refractivity contribution in [1.82, 2.24) is 5.32 Å². The van der Waals surface area contributed by atoms with Gasteiger partial charge in [0, 0.05) is 13.0 Å². The van der Waals surface area contributed by atoms with Gasteiger partial charge < -0.3 is 10.1 Å². The van der Waals surface area contributed by atoms with E-state index in [1.54, 1.807) is 13.8 Å². The van der Waals surface area contributed by atoms with E-state index in [4.69, 9.17) is 4.74 Å². The van der Waals surface area contributed by atoms with Gasteiger partial charge in [0.25, 0.3) is 5.91 Å². The third-order valence-electron chi connectivity index (χ3n) is 1.37. The minimum Gasteiger partial charge on any atom is -0.450 e. The minimum absolute atomic E-state index is 0.0438. The van der Waals surface area contributed by atoms with Crippen LogP contribution in [-0.2, 0) is 14.3 Å². The van der Waals surface area contributed by atoms with Crippen molar-refractivity contribution in [2.75, 3.05) is 0 Å². The number of hydrogen-bond donors (Lipinski definition) is 1. The Morgan fingerprint density at radius 3 is 2.08 bits per heavy atom. The molecule has 1 N–H and O–H groups in total. The number of amides is 1. The summed E-state index contributed by atoms with van der Waals surface area (Å²) in [6.07, 6.45) is 0. The van der Waals surface area contributed by atoms with Gasteiger partial charge in [0.2, 0.25) is 0 Å². The quantitative estimate of drug-likeness (QED) is 0.666. The molecule has 0 bridgehead atoms. The van der Waals surface area contributed by atoms with E-state index in [-0.39, 0.29) is 11.9 Å². The molecular weight excluding hydrogens is 170 g/mol. The molecule has 0 radical (unpaired) electrons. The van der Waals surface area contributed by atoms with Gasteiger partial charge in [0.05, 0.1) is 0 Å². The molecule has 0 aliphatic rings. The first kappa shape index (κ1) is 11.9. The zero-order valence-electron chi connectivity index (χ0n) is 8.80. The largest absolute Gasteiger partial charge is 0.450 e. The van der Waals surface area contributed by atoms with E-state index >= 15 is 0 Å². The minimum atomic E-state index is -1.09. The summed E-state index contributed by atoms with van der Waals surface area (Å²) in [7, 11) is 0. The Bertz CT molecular complexity index is 209. The number of carbonyl (C=O) groups is 2. The molecule has 76 valence electrons. The van der Waals surface area contributed by atoms with Crippen LogP contribution in [0.2, 0.25) is 0 Å². The molecule has 13 heavy (non-hydrogen) atoms. The summed E-state index contributed by atoms with van der Waals surface area (Å²) in [5.41, 5.74) is -1.09. The number of nitrogens with one attached hydrogen (secondary N) is 1. The van der Waals surface area contributed by atoms with Crippen LogP contribution in [-0.4, -0.2) is 23.5 Å². The summed E-state index contributed by atoms with van der Waals surface area (Å²) in [5.74, 6) is -0.735. The first-order chi connectivity index (χ1) is 5.75. The van der Waals surface area contributed by atoms with Crippen molar-refractivity contribution in [3.8, 4) is 0 Å². The number of rotatable bonds is 3. The van der Waals surface area contributed by atoms with Gasteiger partial charge in [-0.15, -0.1) is 0 Å². The maximum Gasteiger partial charge on any atom is 0.303 e. The van der Waals surface area contributed by atoms with Gasteiger partial charge in [0.1, 0.15) is 0 Å². The predicted octanol–water partition coefficient (Wildman–Crippen LogP) is 0.853. The Morgan fingerprint density at radius 2 is 1.77 bits per heavy atom. The van der Waals surface area contributed by atoms with Gasteiger partial charge >= 0.3 is 5.97 Å². The van der Waals surface area contributed by atoms with Crippen LogP contribution < -0.4 is 5.32 Å². The van der Waals surface area contributed by atoms with Crippen LogP contribution in [0, 0.1) is 0 Å². The smallest absolute Gasteiger partial charge is 0.303 e. The van der Waals surface area contributed by atoms with Gasteiger partial charge in [-0.3, -0.25) is 9.59 Å². The van der Waals surface area contributed by atoms with E-state index in [9.17, 15) is 9.59 Å². The summed E-state index contributed by atoms with van der Waals surface area (Å²) >= 11 is 0. The molecule has 0 rings (SSSR count). The van der Waals surface area contributed by atoms with Crippen LogP contribution in [0.5, 0.6) is 0 Å². The summed E-state index contributed by atoms with van der Waals surface area (Å²) in [5, 5.41) is 2.67. The van der Waals surface area contributed by atoms with Crippen LogP contribution >= 0.6 is 0 Å². The fraction of sp³-hybridized carbons (Fsp3) is 0.778. The molecule has 0 fully saturated rings. The Hall–Kier alpha value is -1.06. The second-order valence-corrected chi connectivity index (χ2v) is 3.73. The molecule has 4 nitrogen and oxygen atoms in total. The molecule has 0 heterocycles. The number of esters is 1. The van der Waals surface area contributed by atoms with Crippen LogP contribution in [0.1, 0.15) is 34.6 Å². The van der Waals surface area contributed by atoms with Crippen LogP contribution in [0.4, 0.5) is 0 Å². The first-order valence-electron chi connectivity index (χ1n) is 4.26. The Labute approximate surface area is 78.6 Å². The van der Waals surface area contributed by atoms with Crippen molar-refractivity contribution in [3.63, 3.8) is 0 Å². The molecule has 0 unspecified atom stereocenters. The molecule has 0 atom stereocenters. The highest BCUT2D eigenvalue weighted by atomic mass is 16.6. The Kier molecular flexibility index (Phi) is 3.91. The van der Waals surface area contributed by atoms with Crippen molar-refractivity contribution in [2.45, 2.75) is 46.3 Å². The number of ether oxygens (including phenoxy) is 1. The Morgan fingerprint density at radius 1 is 1.31 bits per heavy atom. The van der Waals surface area contributed by atoms with E-state index in [2.05, 4.69) is 5.32 Å². The number of carbonyl (C=O) groups excluding carboxylic acids is 2. The lowest BCUT2D eigenvalue weighted by atomic mass is 10.1. The lowest BCUT2D eigenvalue weighted by Crippen LogP contribution is -2.47. The van der Waals surface area contributed by atoms with E-state index in [1.165, 1.54) is 6.92 Å². The third-order valence-corrected chi connectivity index (χ3v) is 1.37. The van der Waals surface area contributed by atoms with Crippen molar-refractivity contribution < 1.29 is 14.3 Å². The highest BCUT2D eigenvalue weighted by Gasteiger charge is 2.30. The lowest BCUT2D eigenvalue weighted by molar-refractivity contribution is -0.163. The average molecular weight is 187 g/mol. The maximum atomic E-state index is 11.4. The average Bonchev–Trinajstić information content (AvgIpc) is 1.81. The van der Waals surface area contributed by atoms with Gasteiger partial charge in [-0.1, -0.05) is 0 Å². The summed E-state index contributed by atoms with van der Waals surface area (Å²) in [4.78, 5) is 22.1. The maximum absolute atomic E-state index is 11.4. The molecule has 0 aromatic rings. The topological polar surface area (TPSA) is 55.4 Å². The molecule has 0 aromatic carbocycles. The summed E-state index contributed by atoms with van der Waals surface area (Å²) in [6, 6.07) is 0.0438. The van der Waals surface area contributed by atoms with E-state index in [0.29, 0.717) is 0 Å². The van der Waals surface area contributed by atoms with Crippen LogP contribution in [0.15, 0.2) is 0 Å². The third kappa shape index (κ3) is 4.50. The van der Waals surface area contributed by atoms with Crippen LogP contribution in [0.25, 0.3) is 0 Å². The van der Waals surface area contributed by atoms with E-state index in [1.807, 2.05) is 13.8 Å². The van der Waals surface area contributed by atoms with Gasteiger partial charge in [-0.05, 0) is 27.7 Å². The zero-order chi connectivity index (χ0) is 10.6. The van der Waals surface area contributed by atoms with E-state index in [0.717, 1.165) is 0 Å². The molecule has 0 aromatic heterocycles. The second kappa shape index (κ2) is 4.25. The summed E-state index contributed by atoms with van der Waals surface area (Å²) in [6.45, 7) is 8.10. The monoisotopic (exact) mass is 187 g/mol. The van der Waals surface area contributed by atoms with Crippen LogP contribution in [0.3, 0.4) is 0 Å². The molecule has 1 amide bonds. The number of hydrogen-bond acceptors (Lipinski definition) is 3. The predicted molar refractivity (Wildman–Crippen MR) is 49.1 cm³/mol. The SMILES string of the molecule is CC(=O)OC(C)(C)C(=O)NC(C)C. The van der Waals surface area contributed by atoms with Gasteiger partial charge in [0.15, 0.2) is 5.60 Å². The molecular formula is C9H17NO3. The standard InChI is InChI=1S/C9H17NO3/c1-6(2)10-8(12)9(4,5)13-7(3)11/h6H,1-5H3,(H,10,12). The fourth-order valence-corrected chi connectivity index (χ4v) is 0.842. The van der Waals surface area contributed by atoms with Gasteiger partial charge in [-0.2, -0.15) is 0 Å². The lowest BCUT2D eigenvalue weighted by Gasteiger charge is -2.24. The molecule has 0 saturated carbocycles. The molecule has 4 heteroatoms. The fourth-order valence-electron chi connectivity index (χ4n) is 0.842. The summed E-state index contributed by atoms with van der Waals surface area (Å²) < 4.78 is 4.85. The molecule has 0 aliphatic carbocycles. The van der Waals surface area contributed by atoms with Crippen molar-refractivity contribution in [1.29, 1.82) is 0 Å². The van der Waals surface area contributed by atoms with Crippen molar-refractivity contribution in [2.24, 2.45) is 0 Å². The second-order valence-electron chi connectivity index (χ2n) is 3.73. The molecule has 0 aliphatic heterocycles. The highest BCUT2D eigenvalue weighted by Crippen LogP contribution is 2.09. The van der Waals surface area contributed by atoms with E-state index < -0.39 is 11.6 Å². The first-order valence-corrected chi connectivity index (χ1v) is 4.26. The van der Waals surface area contributed by atoms with Crippen molar-refractivity contribution >= 4 is 11.9 Å². The van der Waals surface area contributed by atoms with Gasteiger partial charge in [-0.25, -0.2) is 0 Å². The highest BCUT2D eigenvalue weighted by molar-refractivity contribution is 5.86. The normalized spacial score (nSPS) is 11.2. The molecule has 0 saturated heterocycles. The van der Waals surface area contributed by atoms with Crippen molar-refractivity contribution in [3.05, 3.63) is 0 Å². The molecule has 0 spiro atoms.